The normalized spacial score (nSPS) is 16.7. The maximum absolute atomic E-state index is 13.9. The summed E-state index contributed by atoms with van der Waals surface area (Å²) in [5, 5.41) is 0. The Bertz CT molecular complexity index is 1190. The largest absolute Gasteiger partial charge is 0.367 e. The number of hydrogen-bond acceptors (Lipinski definition) is 5. The Hall–Kier alpha value is -2.77. The summed E-state index contributed by atoms with van der Waals surface area (Å²) in [6, 6.07) is 14.2. The molecule has 0 atom stereocenters. The van der Waals surface area contributed by atoms with Gasteiger partial charge in [0.05, 0.1) is 0 Å². The predicted molar refractivity (Wildman–Crippen MR) is 124 cm³/mol. The summed E-state index contributed by atoms with van der Waals surface area (Å²) in [5.74, 6) is -0.982. The number of benzene rings is 2. The molecular weight excluding hydrogens is 424 g/mol. The summed E-state index contributed by atoms with van der Waals surface area (Å²) in [5.41, 5.74) is 2.50. The summed E-state index contributed by atoms with van der Waals surface area (Å²) < 4.78 is 29.2. The molecule has 7 heteroatoms. The van der Waals surface area contributed by atoms with E-state index in [2.05, 4.69) is 0 Å². The van der Waals surface area contributed by atoms with Crippen molar-refractivity contribution in [2.45, 2.75) is 39.7 Å². The fraction of sp³-hybridized carbons (Fsp3) is 0.360. The van der Waals surface area contributed by atoms with E-state index in [-0.39, 0.29) is 34.8 Å². The molecule has 6 nitrogen and oxygen atoms in total. The summed E-state index contributed by atoms with van der Waals surface area (Å²) in [4.78, 5) is 28.5. The Morgan fingerprint density at radius 2 is 1.41 bits per heavy atom. The van der Waals surface area contributed by atoms with E-state index in [1.807, 2.05) is 38.1 Å². The zero-order chi connectivity index (χ0) is 22.9. The Morgan fingerprint density at radius 3 is 2.03 bits per heavy atom. The van der Waals surface area contributed by atoms with Gasteiger partial charge in [0.25, 0.3) is 0 Å². The van der Waals surface area contributed by atoms with Gasteiger partial charge in [-0.15, -0.1) is 0 Å². The molecular formula is C25H28N2O4S. The van der Waals surface area contributed by atoms with E-state index >= 15 is 0 Å². The molecule has 32 heavy (non-hydrogen) atoms. The van der Waals surface area contributed by atoms with Crippen LogP contribution in [0.1, 0.15) is 58.5 Å². The van der Waals surface area contributed by atoms with Crippen LogP contribution in [-0.2, 0) is 23.0 Å². The lowest BCUT2D eigenvalue weighted by molar-refractivity contribution is 0.0945. The van der Waals surface area contributed by atoms with E-state index in [1.165, 1.54) is 10.4 Å². The number of sulfonamides is 1. The lowest BCUT2D eigenvalue weighted by Gasteiger charge is -2.34. The first-order valence-corrected chi connectivity index (χ1v) is 12.6. The van der Waals surface area contributed by atoms with Gasteiger partial charge in [-0.3, -0.25) is 9.59 Å². The first kappa shape index (κ1) is 22.4. The minimum absolute atomic E-state index is 0.0243. The maximum atomic E-state index is 13.9. The minimum atomic E-state index is -4.18. The van der Waals surface area contributed by atoms with Crippen LogP contribution >= 0.6 is 0 Å². The summed E-state index contributed by atoms with van der Waals surface area (Å²) in [6.07, 6.45) is 2.04. The lowest BCUT2D eigenvalue weighted by atomic mass is 9.91. The first-order chi connectivity index (χ1) is 15.4. The maximum Gasteiger partial charge on any atom is 0.249 e. The number of fused-ring (bicyclic) bond motifs is 2. The van der Waals surface area contributed by atoms with Gasteiger partial charge < -0.3 is 4.90 Å². The van der Waals surface area contributed by atoms with Crippen LogP contribution in [0, 0.1) is 0 Å². The van der Waals surface area contributed by atoms with Crippen LogP contribution in [-0.4, -0.2) is 48.8 Å². The Balaban J connectivity index is 1.87. The predicted octanol–water partition coefficient (Wildman–Crippen LogP) is 3.79. The molecule has 0 fully saturated rings. The number of ketones is 2. The monoisotopic (exact) mass is 452 g/mol. The van der Waals surface area contributed by atoms with E-state index < -0.39 is 21.6 Å². The Labute approximate surface area is 189 Å². The molecule has 0 bridgehead atoms. The van der Waals surface area contributed by atoms with E-state index in [9.17, 15) is 18.0 Å². The van der Waals surface area contributed by atoms with Crippen LogP contribution in [0.15, 0.2) is 59.1 Å². The average molecular weight is 453 g/mol. The Morgan fingerprint density at radius 1 is 0.844 bits per heavy atom. The van der Waals surface area contributed by atoms with Crippen LogP contribution in [0.4, 0.5) is 0 Å². The van der Waals surface area contributed by atoms with Gasteiger partial charge >= 0.3 is 0 Å². The molecule has 2 aromatic rings. The Kier molecular flexibility index (Phi) is 6.31. The molecule has 168 valence electrons. The van der Waals surface area contributed by atoms with E-state index in [0.717, 1.165) is 24.0 Å². The summed E-state index contributed by atoms with van der Waals surface area (Å²) in [7, 11) is -4.18. The topological polar surface area (TPSA) is 74.8 Å². The van der Waals surface area contributed by atoms with E-state index in [1.54, 1.807) is 23.1 Å². The van der Waals surface area contributed by atoms with Gasteiger partial charge in [0.15, 0.2) is 4.91 Å². The van der Waals surface area contributed by atoms with Crippen molar-refractivity contribution in [1.29, 1.82) is 0 Å². The molecule has 1 aliphatic carbocycles. The van der Waals surface area contributed by atoms with Crippen LogP contribution in [0.2, 0.25) is 0 Å². The van der Waals surface area contributed by atoms with Crippen LogP contribution < -0.4 is 0 Å². The van der Waals surface area contributed by atoms with Crippen molar-refractivity contribution in [1.82, 2.24) is 9.21 Å². The smallest absolute Gasteiger partial charge is 0.249 e. The molecule has 0 radical (unpaired) electrons. The highest BCUT2D eigenvalue weighted by molar-refractivity contribution is 7.94. The van der Waals surface area contributed by atoms with Gasteiger partial charge in [-0.25, -0.2) is 8.42 Å². The molecule has 0 spiro atoms. The fourth-order valence-electron chi connectivity index (χ4n) is 4.55. The van der Waals surface area contributed by atoms with Gasteiger partial charge in [0.2, 0.25) is 21.6 Å². The second-order valence-corrected chi connectivity index (χ2v) is 10.1. The quantitative estimate of drug-likeness (QED) is 0.639. The third-order valence-electron chi connectivity index (χ3n) is 6.05. The van der Waals surface area contributed by atoms with Gasteiger partial charge in [-0.05, 0) is 30.4 Å². The molecule has 4 rings (SSSR count). The van der Waals surface area contributed by atoms with Gasteiger partial charge in [0, 0.05) is 37.3 Å². The van der Waals surface area contributed by atoms with Crippen molar-refractivity contribution in [2.75, 3.05) is 19.6 Å². The molecule has 1 aliphatic heterocycles. The summed E-state index contributed by atoms with van der Waals surface area (Å²) >= 11 is 0. The lowest BCUT2D eigenvalue weighted by Crippen LogP contribution is -2.43. The molecule has 0 saturated carbocycles. The van der Waals surface area contributed by atoms with Crippen LogP contribution in [0.5, 0.6) is 0 Å². The highest BCUT2D eigenvalue weighted by Gasteiger charge is 2.44. The highest BCUT2D eigenvalue weighted by Crippen LogP contribution is 2.34. The van der Waals surface area contributed by atoms with Gasteiger partial charge in [-0.1, -0.05) is 62.4 Å². The van der Waals surface area contributed by atoms with E-state index in [0.29, 0.717) is 19.5 Å². The molecule has 2 aliphatic rings. The zero-order valence-corrected chi connectivity index (χ0v) is 19.3. The molecule has 0 aromatic heterocycles. The van der Waals surface area contributed by atoms with Crippen molar-refractivity contribution in [3.8, 4) is 0 Å². The molecule has 0 amide bonds. The second kappa shape index (κ2) is 9.00. The fourth-order valence-corrected chi connectivity index (χ4v) is 6.25. The molecule has 2 aromatic carbocycles. The van der Waals surface area contributed by atoms with Crippen LogP contribution in [0.25, 0.3) is 0 Å². The second-order valence-electron chi connectivity index (χ2n) is 8.23. The van der Waals surface area contributed by atoms with E-state index in [4.69, 9.17) is 0 Å². The standard InChI is InChI=1S/C25H28N2O4S/c1-3-14-26(15-4-2)22-23(28)20-11-7-8-12-21(20)24(29)25(22)32(30,31)27-16-13-18-9-5-6-10-19(18)17-27/h5-12H,3-4,13-17H2,1-2H3. The summed E-state index contributed by atoms with van der Waals surface area (Å²) in [6.45, 7) is 5.43. The third kappa shape index (κ3) is 3.80. The number of nitrogens with zero attached hydrogens (tertiary/aromatic N) is 2. The van der Waals surface area contributed by atoms with Crippen molar-refractivity contribution in [3.63, 3.8) is 0 Å². The number of hydrogen-bond donors (Lipinski definition) is 0. The van der Waals surface area contributed by atoms with Crippen molar-refractivity contribution in [3.05, 3.63) is 81.4 Å². The number of allylic oxidation sites excluding steroid dienone is 2. The number of carbonyl (C=O) groups excluding carboxylic acids is 2. The third-order valence-corrected chi connectivity index (χ3v) is 7.94. The SMILES string of the molecule is CCCN(CCC)C1=C(S(=O)(=O)N2CCc3ccccc3C2)C(=O)c2ccccc2C1=O. The van der Waals surface area contributed by atoms with Crippen LogP contribution in [0.3, 0.4) is 0 Å². The van der Waals surface area contributed by atoms with Crippen molar-refractivity contribution in [2.24, 2.45) is 0 Å². The average Bonchev–Trinajstić information content (AvgIpc) is 2.80. The molecule has 1 heterocycles. The number of rotatable bonds is 7. The van der Waals surface area contributed by atoms with Crippen molar-refractivity contribution < 1.29 is 18.0 Å². The molecule has 0 saturated heterocycles. The number of carbonyl (C=O) groups is 2. The molecule has 0 unspecified atom stereocenters. The minimum Gasteiger partial charge on any atom is -0.367 e. The van der Waals surface area contributed by atoms with Gasteiger partial charge in [0.1, 0.15) is 5.70 Å². The highest BCUT2D eigenvalue weighted by atomic mass is 32.2. The first-order valence-electron chi connectivity index (χ1n) is 11.1. The zero-order valence-electron chi connectivity index (χ0n) is 18.5. The molecule has 0 N–H and O–H groups in total. The van der Waals surface area contributed by atoms with Crippen molar-refractivity contribution >= 4 is 21.6 Å². The number of Topliss-reactive ketones (excluding diaryl/α,β-unsaturated/α-hetero) is 2. The van der Waals surface area contributed by atoms with Gasteiger partial charge in [-0.2, -0.15) is 4.31 Å².